The number of piperazine rings is 1. The molecule has 0 atom stereocenters. The van der Waals surface area contributed by atoms with Crippen molar-refractivity contribution in [2.75, 3.05) is 49.8 Å². The quantitative estimate of drug-likeness (QED) is 0.728. The van der Waals surface area contributed by atoms with E-state index in [2.05, 4.69) is 26.9 Å². The van der Waals surface area contributed by atoms with Crippen molar-refractivity contribution >= 4 is 17.4 Å². The topological polar surface area (TPSA) is 48.9 Å². The third-order valence-electron chi connectivity index (χ3n) is 6.29. The Hall–Kier alpha value is -2.60. The molecule has 1 saturated heterocycles. The predicted molar refractivity (Wildman–Crippen MR) is 120 cm³/mol. The molecule has 0 N–H and O–H groups in total. The molecule has 6 nitrogen and oxygen atoms in total. The summed E-state index contributed by atoms with van der Waals surface area (Å²) in [7, 11) is 1.72. The normalized spacial score (nSPS) is 18.2. The van der Waals surface area contributed by atoms with Gasteiger partial charge >= 0.3 is 0 Å². The zero-order chi connectivity index (χ0) is 20.8. The lowest BCUT2D eigenvalue weighted by Gasteiger charge is -2.39. The van der Waals surface area contributed by atoms with Gasteiger partial charge in [-0.2, -0.15) is 0 Å². The van der Waals surface area contributed by atoms with Crippen molar-refractivity contribution in [3.63, 3.8) is 0 Å². The Morgan fingerprint density at radius 3 is 2.47 bits per heavy atom. The van der Waals surface area contributed by atoms with Gasteiger partial charge in [0, 0.05) is 38.3 Å². The summed E-state index contributed by atoms with van der Waals surface area (Å²) < 4.78 is 5.53. The maximum atomic E-state index is 13.4. The smallest absolute Gasteiger partial charge is 0.232 e. The van der Waals surface area contributed by atoms with E-state index in [0.717, 1.165) is 69.1 Å². The molecule has 30 heavy (non-hydrogen) atoms. The summed E-state index contributed by atoms with van der Waals surface area (Å²) in [4.78, 5) is 24.5. The van der Waals surface area contributed by atoms with E-state index >= 15 is 0 Å². The van der Waals surface area contributed by atoms with Gasteiger partial charge in [0.15, 0.2) is 0 Å². The van der Waals surface area contributed by atoms with Crippen molar-refractivity contribution in [2.24, 2.45) is 5.92 Å². The lowest BCUT2D eigenvalue weighted by Crippen LogP contribution is -2.52. The molecule has 1 aliphatic heterocycles. The zero-order valence-electron chi connectivity index (χ0n) is 17.9. The van der Waals surface area contributed by atoms with Gasteiger partial charge in [0.05, 0.1) is 19.5 Å². The monoisotopic (exact) mass is 408 g/mol. The highest BCUT2D eigenvalue weighted by atomic mass is 16.5. The van der Waals surface area contributed by atoms with Crippen molar-refractivity contribution in [1.29, 1.82) is 0 Å². The number of carbonyl (C=O) groups is 1. The fourth-order valence-corrected chi connectivity index (χ4v) is 4.56. The second-order valence-electron chi connectivity index (χ2n) is 8.21. The first-order chi connectivity index (χ1) is 14.8. The van der Waals surface area contributed by atoms with Crippen molar-refractivity contribution in [3.05, 3.63) is 48.7 Å². The number of rotatable bonds is 6. The minimum atomic E-state index is 0.135. The van der Waals surface area contributed by atoms with Crippen molar-refractivity contribution in [1.82, 2.24) is 9.88 Å². The van der Waals surface area contributed by atoms with Crippen LogP contribution in [0.25, 0.3) is 0 Å². The van der Waals surface area contributed by atoms with Gasteiger partial charge in [-0.1, -0.05) is 37.5 Å². The number of nitrogens with zero attached hydrogens (tertiary/aromatic N) is 4. The molecule has 2 heterocycles. The standard InChI is InChI=1S/C24H32N4O2/c1-30-22-12-6-5-11-21(22)27-17-15-26(16-18-27)19-28(23-13-7-8-14-25-23)24(29)20-9-3-2-4-10-20/h5-8,11-14,20H,2-4,9-10,15-19H2,1H3. The summed E-state index contributed by atoms with van der Waals surface area (Å²) in [5, 5.41) is 0. The molecule has 0 bridgehead atoms. The van der Waals surface area contributed by atoms with Crippen LogP contribution in [0, 0.1) is 5.92 Å². The molecule has 0 unspecified atom stereocenters. The Bertz CT molecular complexity index is 815. The van der Waals surface area contributed by atoms with Gasteiger partial charge in [-0.3, -0.25) is 14.6 Å². The first-order valence-corrected chi connectivity index (χ1v) is 11.1. The van der Waals surface area contributed by atoms with Crippen LogP contribution in [0.4, 0.5) is 11.5 Å². The van der Waals surface area contributed by atoms with Crippen LogP contribution in [0.2, 0.25) is 0 Å². The number of pyridine rings is 1. The SMILES string of the molecule is COc1ccccc1N1CCN(CN(C(=O)C2CCCCC2)c2ccccn2)CC1. The number of ether oxygens (including phenoxy) is 1. The van der Waals surface area contributed by atoms with Crippen LogP contribution in [0.3, 0.4) is 0 Å². The maximum Gasteiger partial charge on any atom is 0.232 e. The number of aromatic nitrogens is 1. The summed E-state index contributed by atoms with van der Waals surface area (Å²) in [5.41, 5.74) is 1.14. The van der Waals surface area contributed by atoms with Crippen LogP contribution in [-0.2, 0) is 4.79 Å². The minimum absolute atomic E-state index is 0.135. The van der Waals surface area contributed by atoms with Crippen LogP contribution in [0.5, 0.6) is 5.75 Å². The van der Waals surface area contributed by atoms with Gasteiger partial charge < -0.3 is 9.64 Å². The molecule has 2 aromatic rings. The van der Waals surface area contributed by atoms with Crippen LogP contribution in [-0.4, -0.2) is 55.7 Å². The van der Waals surface area contributed by atoms with E-state index in [9.17, 15) is 4.79 Å². The summed E-state index contributed by atoms with van der Waals surface area (Å²) >= 11 is 0. The number of para-hydroxylation sites is 2. The zero-order valence-corrected chi connectivity index (χ0v) is 17.9. The highest BCUT2D eigenvalue weighted by Gasteiger charge is 2.30. The van der Waals surface area contributed by atoms with E-state index < -0.39 is 0 Å². The second kappa shape index (κ2) is 9.94. The average molecular weight is 409 g/mol. The van der Waals surface area contributed by atoms with Crippen molar-refractivity contribution in [2.45, 2.75) is 32.1 Å². The Labute approximate surface area is 179 Å². The minimum Gasteiger partial charge on any atom is -0.495 e. The molecule has 4 rings (SSSR count). The van der Waals surface area contributed by atoms with Gasteiger partial charge in [-0.25, -0.2) is 4.98 Å². The van der Waals surface area contributed by atoms with Gasteiger partial charge in [-0.05, 0) is 37.1 Å². The summed E-state index contributed by atoms with van der Waals surface area (Å²) in [5.74, 6) is 2.05. The van der Waals surface area contributed by atoms with Gasteiger partial charge in [0.1, 0.15) is 11.6 Å². The molecular weight excluding hydrogens is 376 g/mol. The number of amides is 1. The number of benzene rings is 1. The van der Waals surface area contributed by atoms with Gasteiger partial charge in [0.25, 0.3) is 0 Å². The van der Waals surface area contributed by atoms with Crippen molar-refractivity contribution < 1.29 is 9.53 Å². The average Bonchev–Trinajstić information content (AvgIpc) is 2.83. The molecule has 6 heteroatoms. The highest BCUT2D eigenvalue weighted by Crippen LogP contribution is 2.29. The number of carbonyl (C=O) groups excluding carboxylic acids is 1. The lowest BCUT2D eigenvalue weighted by atomic mass is 9.88. The fraction of sp³-hybridized carbons (Fsp3) is 0.500. The molecular formula is C24H32N4O2. The highest BCUT2D eigenvalue weighted by molar-refractivity contribution is 5.94. The lowest BCUT2D eigenvalue weighted by molar-refractivity contribution is -0.123. The van der Waals surface area contributed by atoms with E-state index in [1.54, 1.807) is 13.3 Å². The third kappa shape index (κ3) is 4.75. The summed E-state index contributed by atoms with van der Waals surface area (Å²) in [6, 6.07) is 14.0. The summed E-state index contributed by atoms with van der Waals surface area (Å²) in [6.07, 6.45) is 7.34. The Morgan fingerprint density at radius 2 is 1.77 bits per heavy atom. The number of hydrogen-bond donors (Lipinski definition) is 0. The van der Waals surface area contributed by atoms with Crippen LogP contribution in [0.1, 0.15) is 32.1 Å². The van der Waals surface area contributed by atoms with Crippen LogP contribution in [0.15, 0.2) is 48.7 Å². The number of hydrogen-bond acceptors (Lipinski definition) is 5. The van der Waals surface area contributed by atoms with E-state index in [1.807, 2.05) is 35.2 Å². The third-order valence-corrected chi connectivity index (χ3v) is 6.29. The predicted octanol–water partition coefficient (Wildman–Crippen LogP) is 3.78. The van der Waals surface area contributed by atoms with Crippen LogP contribution < -0.4 is 14.5 Å². The Balaban J connectivity index is 1.43. The van der Waals surface area contributed by atoms with Crippen LogP contribution >= 0.6 is 0 Å². The molecule has 160 valence electrons. The Morgan fingerprint density at radius 1 is 1.03 bits per heavy atom. The second-order valence-corrected chi connectivity index (χ2v) is 8.21. The molecule has 1 amide bonds. The molecule has 0 spiro atoms. The number of anilines is 2. The largest absolute Gasteiger partial charge is 0.495 e. The molecule has 0 radical (unpaired) electrons. The first kappa shape index (κ1) is 20.7. The molecule has 2 fully saturated rings. The van der Waals surface area contributed by atoms with Gasteiger partial charge in [0.2, 0.25) is 5.91 Å². The van der Waals surface area contributed by atoms with Gasteiger partial charge in [-0.15, -0.1) is 0 Å². The van der Waals surface area contributed by atoms with E-state index in [4.69, 9.17) is 4.74 Å². The first-order valence-electron chi connectivity index (χ1n) is 11.1. The summed E-state index contributed by atoms with van der Waals surface area (Å²) in [6.45, 7) is 4.23. The van der Waals surface area contributed by atoms with E-state index in [0.29, 0.717) is 6.67 Å². The van der Waals surface area contributed by atoms with E-state index in [1.165, 1.54) is 6.42 Å². The van der Waals surface area contributed by atoms with Crippen molar-refractivity contribution in [3.8, 4) is 5.75 Å². The molecule has 1 saturated carbocycles. The number of methoxy groups -OCH3 is 1. The van der Waals surface area contributed by atoms with E-state index in [-0.39, 0.29) is 11.8 Å². The Kier molecular flexibility index (Phi) is 6.84. The molecule has 2 aliphatic rings. The molecule has 1 aromatic carbocycles. The fourth-order valence-electron chi connectivity index (χ4n) is 4.56. The molecule has 1 aromatic heterocycles. The maximum absolute atomic E-state index is 13.4. The molecule has 1 aliphatic carbocycles.